The third-order valence-electron chi connectivity index (χ3n) is 2.25. The summed E-state index contributed by atoms with van der Waals surface area (Å²) < 4.78 is 0. The van der Waals surface area contributed by atoms with Gasteiger partial charge in [0.1, 0.15) is 0 Å². The highest BCUT2D eigenvalue weighted by atomic mass is 32.1. The first-order chi connectivity index (χ1) is 6.33. The molecule has 1 atom stereocenters. The van der Waals surface area contributed by atoms with E-state index in [0.717, 1.165) is 12.5 Å². The fourth-order valence-corrected chi connectivity index (χ4v) is 2.28. The van der Waals surface area contributed by atoms with Gasteiger partial charge in [0.2, 0.25) is 0 Å². The fourth-order valence-electron chi connectivity index (χ4n) is 1.53. The first kappa shape index (κ1) is 10.7. The van der Waals surface area contributed by atoms with Gasteiger partial charge in [0.15, 0.2) is 0 Å². The summed E-state index contributed by atoms with van der Waals surface area (Å²) in [6.07, 6.45) is 3.91. The van der Waals surface area contributed by atoms with Crippen LogP contribution in [0.3, 0.4) is 0 Å². The van der Waals surface area contributed by atoms with Crippen LogP contribution in [-0.2, 0) is 6.42 Å². The van der Waals surface area contributed by atoms with Crippen LogP contribution in [0.5, 0.6) is 0 Å². The molecule has 0 aliphatic heterocycles. The second-order valence-corrected chi connectivity index (χ2v) is 4.67. The van der Waals surface area contributed by atoms with Crippen LogP contribution in [0.4, 0.5) is 0 Å². The molecule has 0 amide bonds. The molecule has 1 N–H and O–H groups in total. The summed E-state index contributed by atoms with van der Waals surface area (Å²) in [6, 6.07) is 4.37. The lowest BCUT2D eigenvalue weighted by molar-refractivity contribution is 0.487. The molecule has 2 heteroatoms. The molecule has 1 unspecified atom stereocenters. The Bertz CT molecular complexity index is 206. The van der Waals surface area contributed by atoms with Crippen molar-refractivity contribution in [1.29, 1.82) is 0 Å². The predicted octanol–water partition coefficient (Wildman–Crippen LogP) is 2.93. The van der Waals surface area contributed by atoms with Crippen LogP contribution >= 0.6 is 11.3 Å². The Morgan fingerprint density at radius 3 is 3.00 bits per heavy atom. The van der Waals surface area contributed by atoms with E-state index in [-0.39, 0.29) is 0 Å². The molecule has 1 aromatic rings. The van der Waals surface area contributed by atoms with E-state index in [1.54, 1.807) is 0 Å². The lowest BCUT2D eigenvalue weighted by Crippen LogP contribution is -2.16. The second-order valence-electron chi connectivity index (χ2n) is 3.63. The predicted molar refractivity (Wildman–Crippen MR) is 60.3 cm³/mol. The third kappa shape index (κ3) is 4.44. The molecule has 1 rings (SSSR count). The molecule has 0 fully saturated rings. The SMILES string of the molecule is CNCC(C)CCCc1cccs1. The quantitative estimate of drug-likeness (QED) is 0.739. The summed E-state index contributed by atoms with van der Waals surface area (Å²) in [4.78, 5) is 1.52. The maximum absolute atomic E-state index is 3.21. The van der Waals surface area contributed by atoms with Gasteiger partial charge in [0, 0.05) is 4.88 Å². The average Bonchev–Trinajstić information content (AvgIpc) is 2.57. The number of hydrogen-bond donors (Lipinski definition) is 1. The number of thiophene rings is 1. The summed E-state index contributed by atoms with van der Waals surface area (Å²) in [5.41, 5.74) is 0. The Hall–Kier alpha value is -0.340. The van der Waals surface area contributed by atoms with Gasteiger partial charge in [-0.1, -0.05) is 13.0 Å². The van der Waals surface area contributed by atoms with Crippen molar-refractivity contribution < 1.29 is 0 Å². The number of hydrogen-bond acceptors (Lipinski definition) is 2. The molecule has 74 valence electrons. The van der Waals surface area contributed by atoms with Gasteiger partial charge in [-0.05, 0) is 50.2 Å². The Balaban J connectivity index is 2.07. The molecule has 13 heavy (non-hydrogen) atoms. The summed E-state index contributed by atoms with van der Waals surface area (Å²) in [6.45, 7) is 3.45. The van der Waals surface area contributed by atoms with Crippen molar-refractivity contribution in [2.75, 3.05) is 13.6 Å². The van der Waals surface area contributed by atoms with E-state index < -0.39 is 0 Å². The molecular weight excluding hydrogens is 178 g/mol. The Kier molecular flexibility index (Phi) is 5.09. The van der Waals surface area contributed by atoms with Crippen molar-refractivity contribution in [2.45, 2.75) is 26.2 Å². The molecule has 0 bridgehead atoms. The highest BCUT2D eigenvalue weighted by molar-refractivity contribution is 7.09. The minimum atomic E-state index is 0.810. The van der Waals surface area contributed by atoms with Crippen molar-refractivity contribution in [3.8, 4) is 0 Å². The average molecular weight is 197 g/mol. The molecule has 1 aromatic heterocycles. The van der Waals surface area contributed by atoms with Gasteiger partial charge in [-0.25, -0.2) is 0 Å². The third-order valence-corrected chi connectivity index (χ3v) is 3.19. The van der Waals surface area contributed by atoms with E-state index in [1.165, 1.54) is 24.1 Å². The number of rotatable bonds is 6. The highest BCUT2D eigenvalue weighted by Gasteiger charge is 2.00. The van der Waals surface area contributed by atoms with Gasteiger partial charge < -0.3 is 5.32 Å². The topological polar surface area (TPSA) is 12.0 Å². The Morgan fingerprint density at radius 1 is 1.54 bits per heavy atom. The monoisotopic (exact) mass is 197 g/mol. The van der Waals surface area contributed by atoms with E-state index in [0.29, 0.717) is 0 Å². The first-order valence-electron chi connectivity index (χ1n) is 5.00. The minimum absolute atomic E-state index is 0.810. The van der Waals surface area contributed by atoms with Gasteiger partial charge in [-0.3, -0.25) is 0 Å². The number of aryl methyl sites for hydroxylation is 1. The van der Waals surface area contributed by atoms with Crippen molar-refractivity contribution in [2.24, 2.45) is 5.92 Å². The summed E-state index contributed by atoms with van der Waals surface area (Å²) in [7, 11) is 2.02. The maximum atomic E-state index is 3.21. The molecule has 0 spiro atoms. The van der Waals surface area contributed by atoms with Crippen LogP contribution in [0.2, 0.25) is 0 Å². The largest absolute Gasteiger partial charge is 0.319 e. The molecule has 0 radical (unpaired) electrons. The lowest BCUT2D eigenvalue weighted by Gasteiger charge is -2.09. The summed E-state index contributed by atoms with van der Waals surface area (Å²) in [5, 5.41) is 5.37. The van der Waals surface area contributed by atoms with Gasteiger partial charge in [-0.2, -0.15) is 0 Å². The summed E-state index contributed by atoms with van der Waals surface area (Å²) in [5.74, 6) is 0.810. The van der Waals surface area contributed by atoms with Crippen LogP contribution in [-0.4, -0.2) is 13.6 Å². The normalized spacial score (nSPS) is 13.1. The fraction of sp³-hybridized carbons (Fsp3) is 0.636. The molecule has 0 aromatic carbocycles. The van der Waals surface area contributed by atoms with Crippen molar-refractivity contribution in [3.05, 3.63) is 22.4 Å². The van der Waals surface area contributed by atoms with E-state index in [4.69, 9.17) is 0 Å². The van der Waals surface area contributed by atoms with E-state index in [1.807, 2.05) is 18.4 Å². The molecule has 0 aliphatic rings. The molecular formula is C11H19NS. The molecule has 1 heterocycles. The van der Waals surface area contributed by atoms with E-state index in [2.05, 4.69) is 29.8 Å². The summed E-state index contributed by atoms with van der Waals surface area (Å²) >= 11 is 1.87. The molecule has 0 saturated carbocycles. The van der Waals surface area contributed by atoms with Gasteiger partial charge >= 0.3 is 0 Å². The van der Waals surface area contributed by atoms with Gasteiger partial charge in [-0.15, -0.1) is 11.3 Å². The smallest absolute Gasteiger partial charge is 0.00452 e. The van der Waals surface area contributed by atoms with Gasteiger partial charge in [0.05, 0.1) is 0 Å². The van der Waals surface area contributed by atoms with Crippen LogP contribution < -0.4 is 5.32 Å². The van der Waals surface area contributed by atoms with Crippen LogP contribution in [0.15, 0.2) is 17.5 Å². The minimum Gasteiger partial charge on any atom is -0.319 e. The Morgan fingerprint density at radius 2 is 2.38 bits per heavy atom. The zero-order valence-electron chi connectivity index (χ0n) is 8.55. The second kappa shape index (κ2) is 6.17. The van der Waals surface area contributed by atoms with Crippen molar-refractivity contribution in [1.82, 2.24) is 5.32 Å². The van der Waals surface area contributed by atoms with Gasteiger partial charge in [0.25, 0.3) is 0 Å². The zero-order valence-corrected chi connectivity index (χ0v) is 9.36. The zero-order chi connectivity index (χ0) is 9.52. The molecule has 0 aliphatic carbocycles. The Labute approximate surface area is 85.2 Å². The van der Waals surface area contributed by atoms with E-state index in [9.17, 15) is 0 Å². The van der Waals surface area contributed by atoms with Crippen LogP contribution in [0, 0.1) is 5.92 Å². The maximum Gasteiger partial charge on any atom is 0.00452 e. The van der Waals surface area contributed by atoms with Crippen LogP contribution in [0.25, 0.3) is 0 Å². The first-order valence-corrected chi connectivity index (χ1v) is 5.88. The highest BCUT2D eigenvalue weighted by Crippen LogP contribution is 2.14. The molecule has 0 saturated heterocycles. The van der Waals surface area contributed by atoms with Crippen molar-refractivity contribution >= 4 is 11.3 Å². The molecule has 1 nitrogen and oxygen atoms in total. The van der Waals surface area contributed by atoms with Crippen molar-refractivity contribution in [3.63, 3.8) is 0 Å². The standard InChI is InChI=1S/C11H19NS/c1-10(9-12-2)5-3-6-11-7-4-8-13-11/h4,7-8,10,12H,3,5-6,9H2,1-2H3. The van der Waals surface area contributed by atoms with E-state index >= 15 is 0 Å². The lowest BCUT2D eigenvalue weighted by atomic mass is 10.0. The van der Waals surface area contributed by atoms with Crippen LogP contribution in [0.1, 0.15) is 24.6 Å². The number of nitrogens with one attached hydrogen (secondary N) is 1.